The van der Waals surface area contributed by atoms with Crippen LogP contribution < -0.4 is 0 Å². The molecule has 1 rings (SSSR count). The van der Waals surface area contributed by atoms with Crippen molar-refractivity contribution in [3.63, 3.8) is 0 Å². The Balaban J connectivity index is 2.99. The maximum absolute atomic E-state index is 13.2. The molecule has 0 saturated carbocycles. The molecule has 0 fully saturated rings. The van der Waals surface area contributed by atoms with Crippen molar-refractivity contribution in [2.75, 3.05) is 20.7 Å². The van der Waals surface area contributed by atoms with E-state index >= 15 is 0 Å². The van der Waals surface area contributed by atoms with E-state index in [4.69, 9.17) is 4.74 Å². The fourth-order valence-electron chi connectivity index (χ4n) is 1.68. The zero-order valence-corrected chi connectivity index (χ0v) is 11.9. The van der Waals surface area contributed by atoms with Gasteiger partial charge in [0.2, 0.25) is 0 Å². The van der Waals surface area contributed by atoms with Crippen LogP contribution in [-0.4, -0.2) is 37.4 Å². The van der Waals surface area contributed by atoms with Gasteiger partial charge in [-0.1, -0.05) is 12.1 Å². The van der Waals surface area contributed by atoms with Crippen molar-refractivity contribution in [3.05, 3.63) is 47.4 Å². The molecule has 0 unspecified atom stereocenters. The van der Waals surface area contributed by atoms with Crippen molar-refractivity contribution < 1.29 is 18.7 Å². The van der Waals surface area contributed by atoms with E-state index in [-0.39, 0.29) is 29.9 Å². The molecule has 1 aromatic carbocycles. The lowest BCUT2D eigenvalue weighted by molar-refractivity contribution is -0.142. The number of ether oxygens (including phenoxy) is 1. The highest BCUT2D eigenvalue weighted by Gasteiger charge is 2.17. The highest BCUT2D eigenvalue weighted by molar-refractivity contribution is 6.10. The van der Waals surface area contributed by atoms with Crippen molar-refractivity contribution >= 4 is 11.8 Å². The second kappa shape index (κ2) is 7.43. The summed E-state index contributed by atoms with van der Waals surface area (Å²) >= 11 is 0. The fourth-order valence-corrected chi connectivity index (χ4v) is 1.68. The number of carbonyl (C=O) groups is 2. The first-order valence-electron chi connectivity index (χ1n) is 6.27. The second-order valence-corrected chi connectivity index (χ2v) is 4.44. The van der Waals surface area contributed by atoms with Crippen molar-refractivity contribution in [1.29, 1.82) is 0 Å². The molecule has 20 heavy (non-hydrogen) atoms. The average Bonchev–Trinajstić information content (AvgIpc) is 2.37. The van der Waals surface area contributed by atoms with Crippen LogP contribution in [0.25, 0.3) is 0 Å². The van der Waals surface area contributed by atoms with Gasteiger partial charge >= 0.3 is 5.97 Å². The molecule has 0 saturated heterocycles. The van der Waals surface area contributed by atoms with Crippen LogP contribution in [-0.2, 0) is 9.53 Å². The molecule has 0 aliphatic carbocycles. The van der Waals surface area contributed by atoms with E-state index in [2.05, 4.69) is 0 Å². The molecule has 0 N–H and O–H groups in total. The zero-order chi connectivity index (χ0) is 15.1. The normalized spacial score (nSPS) is 11.1. The lowest BCUT2D eigenvalue weighted by Crippen LogP contribution is -2.15. The van der Waals surface area contributed by atoms with E-state index in [1.165, 1.54) is 18.2 Å². The highest BCUT2D eigenvalue weighted by atomic mass is 19.1. The second-order valence-electron chi connectivity index (χ2n) is 4.44. The van der Waals surface area contributed by atoms with Crippen LogP contribution in [0.2, 0.25) is 0 Å². The molecule has 0 heterocycles. The third kappa shape index (κ3) is 4.84. The van der Waals surface area contributed by atoms with Gasteiger partial charge in [-0.2, -0.15) is 0 Å². The topological polar surface area (TPSA) is 46.6 Å². The summed E-state index contributed by atoms with van der Waals surface area (Å²) in [6.07, 6.45) is 1.41. The number of rotatable bonds is 6. The van der Waals surface area contributed by atoms with E-state index < -0.39 is 11.8 Å². The Morgan fingerprint density at radius 1 is 1.35 bits per heavy atom. The Morgan fingerprint density at radius 3 is 2.60 bits per heavy atom. The van der Waals surface area contributed by atoms with Crippen LogP contribution in [0.5, 0.6) is 0 Å². The molecular formula is C15H18FNO3. The Morgan fingerprint density at radius 2 is 2.05 bits per heavy atom. The number of benzene rings is 1. The largest absolute Gasteiger partial charge is 0.466 e. The number of carbonyl (C=O) groups excluding carboxylic acids is 2. The first kappa shape index (κ1) is 15.9. The summed E-state index contributed by atoms with van der Waals surface area (Å²) in [6.45, 7) is 1.95. The van der Waals surface area contributed by atoms with Gasteiger partial charge in [0.25, 0.3) is 0 Å². The number of halogens is 1. The quantitative estimate of drug-likeness (QED) is 0.456. The van der Waals surface area contributed by atoms with E-state index in [0.717, 1.165) is 6.07 Å². The maximum atomic E-state index is 13.2. The molecule has 108 valence electrons. The summed E-state index contributed by atoms with van der Waals surface area (Å²) in [7, 11) is 3.48. The molecule has 0 aliphatic heterocycles. The van der Waals surface area contributed by atoms with E-state index in [0.29, 0.717) is 0 Å². The van der Waals surface area contributed by atoms with Crippen LogP contribution in [0.3, 0.4) is 0 Å². The van der Waals surface area contributed by atoms with Crippen molar-refractivity contribution in [1.82, 2.24) is 4.90 Å². The van der Waals surface area contributed by atoms with Gasteiger partial charge in [-0.05, 0) is 19.1 Å². The maximum Gasteiger partial charge on any atom is 0.310 e. The highest BCUT2D eigenvalue weighted by Crippen LogP contribution is 2.14. The molecule has 0 atom stereocenters. The Labute approximate surface area is 117 Å². The predicted molar refractivity (Wildman–Crippen MR) is 73.8 cm³/mol. The summed E-state index contributed by atoms with van der Waals surface area (Å²) in [5, 5.41) is 0. The van der Waals surface area contributed by atoms with Crippen LogP contribution >= 0.6 is 0 Å². The first-order valence-corrected chi connectivity index (χ1v) is 6.27. The minimum Gasteiger partial charge on any atom is -0.466 e. The SMILES string of the molecule is CCOC(=O)C/C(=C/N(C)C)C(=O)c1cccc(F)c1. The van der Waals surface area contributed by atoms with Crippen LogP contribution in [0, 0.1) is 5.82 Å². The van der Waals surface area contributed by atoms with E-state index in [1.54, 1.807) is 32.1 Å². The van der Waals surface area contributed by atoms with E-state index in [9.17, 15) is 14.0 Å². The van der Waals surface area contributed by atoms with Crippen LogP contribution in [0.1, 0.15) is 23.7 Å². The molecule has 0 bridgehead atoms. The molecule has 0 spiro atoms. The third-order valence-corrected chi connectivity index (χ3v) is 2.43. The molecule has 0 radical (unpaired) electrons. The Hall–Kier alpha value is -2.17. The van der Waals surface area contributed by atoms with Gasteiger partial charge in [-0.25, -0.2) is 4.39 Å². The van der Waals surface area contributed by atoms with Gasteiger partial charge in [0.15, 0.2) is 5.78 Å². The summed E-state index contributed by atoms with van der Waals surface area (Å²) in [5.74, 6) is -1.35. The molecule has 0 aliphatic rings. The summed E-state index contributed by atoms with van der Waals surface area (Å²) < 4.78 is 18.0. The monoisotopic (exact) mass is 279 g/mol. The van der Waals surface area contributed by atoms with Gasteiger partial charge in [0.05, 0.1) is 13.0 Å². The summed E-state index contributed by atoms with van der Waals surface area (Å²) in [5.41, 5.74) is 0.474. The average molecular weight is 279 g/mol. The predicted octanol–water partition coefficient (Wildman–Crippen LogP) is 2.41. The van der Waals surface area contributed by atoms with Crippen LogP contribution in [0.15, 0.2) is 36.0 Å². The number of esters is 1. The van der Waals surface area contributed by atoms with Crippen molar-refractivity contribution in [2.45, 2.75) is 13.3 Å². The summed E-state index contributed by atoms with van der Waals surface area (Å²) in [4.78, 5) is 25.5. The summed E-state index contributed by atoms with van der Waals surface area (Å²) in [6, 6.07) is 5.38. The molecule has 1 aromatic rings. The molecular weight excluding hydrogens is 261 g/mol. The molecule has 0 amide bonds. The van der Waals surface area contributed by atoms with Crippen molar-refractivity contribution in [3.8, 4) is 0 Å². The smallest absolute Gasteiger partial charge is 0.310 e. The number of Topliss-reactive ketones (excluding diaryl/α,β-unsaturated/α-hetero) is 1. The van der Waals surface area contributed by atoms with Gasteiger partial charge in [0.1, 0.15) is 5.82 Å². The van der Waals surface area contributed by atoms with Crippen molar-refractivity contribution in [2.24, 2.45) is 0 Å². The lowest BCUT2D eigenvalue weighted by Gasteiger charge is -2.11. The Bertz CT molecular complexity index is 524. The number of nitrogens with zero attached hydrogens (tertiary/aromatic N) is 1. The fraction of sp³-hybridized carbons (Fsp3) is 0.333. The molecule has 0 aromatic heterocycles. The lowest BCUT2D eigenvalue weighted by atomic mass is 10.0. The standard InChI is InChI=1S/C15H18FNO3/c1-4-20-14(18)9-12(10-17(2)3)15(19)11-6-5-7-13(16)8-11/h5-8,10H,4,9H2,1-3H3/b12-10-. The number of hydrogen-bond donors (Lipinski definition) is 0. The number of ketones is 1. The van der Waals surface area contributed by atoms with Gasteiger partial charge < -0.3 is 9.64 Å². The number of hydrogen-bond acceptors (Lipinski definition) is 4. The Kier molecular flexibility index (Phi) is 5.90. The first-order chi connectivity index (χ1) is 9.43. The molecule has 4 nitrogen and oxygen atoms in total. The third-order valence-electron chi connectivity index (χ3n) is 2.43. The van der Waals surface area contributed by atoms with Gasteiger partial charge in [-0.15, -0.1) is 0 Å². The minimum atomic E-state index is -0.490. The van der Waals surface area contributed by atoms with Gasteiger partial charge in [-0.3, -0.25) is 9.59 Å². The molecule has 5 heteroatoms. The van der Waals surface area contributed by atoms with Crippen LogP contribution in [0.4, 0.5) is 4.39 Å². The van der Waals surface area contributed by atoms with E-state index in [1.807, 2.05) is 0 Å². The zero-order valence-electron chi connectivity index (χ0n) is 11.9. The van der Waals surface area contributed by atoms with Gasteiger partial charge in [0, 0.05) is 31.4 Å². The minimum absolute atomic E-state index is 0.138.